The van der Waals surface area contributed by atoms with Gasteiger partial charge in [-0.3, -0.25) is 0 Å². The van der Waals surface area contributed by atoms with Gasteiger partial charge in [-0.2, -0.15) is 5.90 Å². The number of nitrogens with two attached hydrogens (primary N) is 3. The highest BCUT2D eigenvalue weighted by atomic mass is 31.0. The van der Waals surface area contributed by atoms with Gasteiger partial charge in [0.05, 0.1) is 5.44 Å². The number of hydrogen-bond acceptors (Lipinski definition) is 5. The van der Waals surface area contributed by atoms with Crippen molar-refractivity contribution in [2.24, 2.45) is 17.4 Å². The third-order valence-electron chi connectivity index (χ3n) is 0.638. The molecule has 0 aromatic heterocycles. The summed E-state index contributed by atoms with van der Waals surface area (Å²) in [7, 11) is 2.05. The van der Waals surface area contributed by atoms with Gasteiger partial charge >= 0.3 is 5.97 Å². The Hall–Kier alpha value is -0.800. The molecule has 0 spiro atoms. The van der Waals surface area contributed by atoms with Crippen molar-refractivity contribution < 1.29 is 9.63 Å². The third kappa shape index (κ3) is 2.30. The summed E-state index contributed by atoms with van der Waals surface area (Å²) in [6.07, 6.45) is 0. The highest BCUT2D eigenvalue weighted by Crippen LogP contribution is 1.99. The normalized spacial score (nSPS) is 12.2. The van der Waals surface area contributed by atoms with Gasteiger partial charge in [0.15, 0.2) is 0 Å². The van der Waals surface area contributed by atoms with Crippen molar-refractivity contribution in [1.29, 1.82) is 0 Å². The van der Waals surface area contributed by atoms with Gasteiger partial charge in [0.2, 0.25) is 0 Å². The van der Waals surface area contributed by atoms with Crippen molar-refractivity contribution in [2.45, 2.75) is 0 Å². The van der Waals surface area contributed by atoms with Gasteiger partial charge in [0.25, 0.3) is 0 Å². The average Bonchev–Trinajstić information content (AvgIpc) is 1.84. The van der Waals surface area contributed by atoms with Crippen LogP contribution in [0.4, 0.5) is 0 Å². The van der Waals surface area contributed by atoms with Crippen LogP contribution in [-0.4, -0.2) is 5.97 Å². The fourth-order valence-electron chi connectivity index (χ4n) is 0.181. The molecule has 1 atom stereocenters. The first-order valence-corrected chi connectivity index (χ1v) is 2.59. The molecule has 0 saturated heterocycles. The monoisotopic (exact) mass is 149 g/mol. The SMILES string of the molecule is NOC(=O)/C(N)=C(/N)P. The van der Waals surface area contributed by atoms with E-state index in [1.54, 1.807) is 0 Å². The van der Waals surface area contributed by atoms with Crippen molar-refractivity contribution in [2.75, 3.05) is 0 Å². The largest absolute Gasteiger partial charge is 0.397 e. The predicted octanol–water partition coefficient (Wildman–Crippen LogP) is -1.64. The Morgan fingerprint density at radius 1 is 1.44 bits per heavy atom. The van der Waals surface area contributed by atoms with Gasteiger partial charge in [0, 0.05) is 0 Å². The highest BCUT2D eigenvalue weighted by molar-refractivity contribution is 7.22. The Kier molecular flexibility index (Phi) is 2.98. The molecule has 0 amide bonds. The summed E-state index contributed by atoms with van der Waals surface area (Å²) in [5.74, 6) is 3.65. The first kappa shape index (κ1) is 8.20. The van der Waals surface area contributed by atoms with Crippen LogP contribution in [0.3, 0.4) is 0 Å². The van der Waals surface area contributed by atoms with Crippen molar-refractivity contribution in [3.8, 4) is 0 Å². The molecule has 0 aromatic carbocycles. The van der Waals surface area contributed by atoms with Gasteiger partial charge in [-0.25, -0.2) is 4.79 Å². The Labute approximate surface area is 54.4 Å². The van der Waals surface area contributed by atoms with Crippen molar-refractivity contribution in [3.05, 3.63) is 11.1 Å². The molecular weight excluding hydrogens is 141 g/mol. The molecule has 0 fully saturated rings. The number of carbonyl (C=O) groups excluding carboxylic acids is 1. The molecule has 0 aliphatic carbocycles. The maximum atomic E-state index is 10.3. The molecule has 0 aromatic rings. The van der Waals surface area contributed by atoms with Crippen LogP contribution in [-0.2, 0) is 9.63 Å². The van der Waals surface area contributed by atoms with Crippen molar-refractivity contribution in [3.63, 3.8) is 0 Å². The molecule has 52 valence electrons. The summed E-state index contributed by atoms with van der Waals surface area (Å²) < 4.78 is 0. The predicted molar refractivity (Wildman–Crippen MR) is 35.4 cm³/mol. The second kappa shape index (κ2) is 3.27. The fraction of sp³-hybridized carbons (Fsp3) is 0. The standard InChI is InChI=1S/C3H8N3O2P/c4-1(2(5)9)3(7)8-6/h4-6,9H2/b2-1+. The van der Waals surface area contributed by atoms with E-state index in [2.05, 4.69) is 10.7 Å². The first-order valence-electron chi connectivity index (χ1n) is 2.01. The Morgan fingerprint density at radius 2 is 1.89 bits per heavy atom. The molecule has 0 aliphatic rings. The second-order valence-electron chi connectivity index (χ2n) is 1.27. The van der Waals surface area contributed by atoms with E-state index in [9.17, 15) is 4.79 Å². The molecule has 0 heterocycles. The molecule has 1 unspecified atom stereocenters. The number of hydrogen-bond donors (Lipinski definition) is 3. The lowest BCUT2D eigenvalue weighted by Crippen LogP contribution is -2.20. The van der Waals surface area contributed by atoms with Crippen LogP contribution in [0.1, 0.15) is 0 Å². The summed E-state index contributed by atoms with van der Waals surface area (Å²) in [6.45, 7) is 0. The first-order chi connectivity index (χ1) is 4.09. The lowest BCUT2D eigenvalue weighted by Gasteiger charge is -1.97. The molecule has 9 heavy (non-hydrogen) atoms. The molecular formula is C3H8N3O2P. The molecule has 6 heteroatoms. The van der Waals surface area contributed by atoms with Crippen LogP contribution in [0.15, 0.2) is 11.1 Å². The van der Waals surface area contributed by atoms with E-state index in [1.165, 1.54) is 0 Å². The minimum atomic E-state index is -0.831. The maximum Gasteiger partial charge on any atom is 0.374 e. The van der Waals surface area contributed by atoms with E-state index >= 15 is 0 Å². The van der Waals surface area contributed by atoms with E-state index < -0.39 is 5.97 Å². The van der Waals surface area contributed by atoms with Gasteiger partial charge in [-0.15, -0.1) is 0 Å². The summed E-state index contributed by atoms with van der Waals surface area (Å²) in [5, 5.41) is 0. The van der Waals surface area contributed by atoms with E-state index in [0.717, 1.165) is 0 Å². The van der Waals surface area contributed by atoms with Gasteiger partial charge in [-0.05, 0) is 0 Å². The summed E-state index contributed by atoms with van der Waals surface area (Å²) in [5.41, 5.74) is 10.0. The molecule has 0 radical (unpaired) electrons. The average molecular weight is 149 g/mol. The smallest absolute Gasteiger partial charge is 0.374 e. The topological polar surface area (TPSA) is 104 Å². The lowest BCUT2D eigenvalue weighted by molar-refractivity contribution is -0.139. The van der Waals surface area contributed by atoms with Gasteiger partial charge in [0.1, 0.15) is 5.70 Å². The number of carbonyl (C=O) groups is 1. The fourth-order valence-corrected chi connectivity index (χ4v) is 0.299. The summed E-state index contributed by atoms with van der Waals surface area (Å²) >= 11 is 0. The maximum absolute atomic E-state index is 10.3. The van der Waals surface area contributed by atoms with Crippen LogP contribution in [0.5, 0.6) is 0 Å². The molecule has 0 rings (SSSR count). The van der Waals surface area contributed by atoms with Crippen LogP contribution in [0.25, 0.3) is 0 Å². The minimum Gasteiger partial charge on any atom is -0.397 e. The van der Waals surface area contributed by atoms with E-state index in [1.807, 2.05) is 9.24 Å². The number of rotatable bonds is 1. The zero-order valence-electron chi connectivity index (χ0n) is 4.63. The molecule has 5 nitrogen and oxygen atoms in total. The van der Waals surface area contributed by atoms with Crippen LogP contribution in [0.2, 0.25) is 0 Å². The zero-order chi connectivity index (χ0) is 7.44. The van der Waals surface area contributed by atoms with Crippen LogP contribution >= 0.6 is 9.24 Å². The van der Waals surface area contributed by atoms with E-state index in [0.29, 0.717) is 0 Å². The molecule has 0 saturated carbocycles. The molecule has 6 N–H and O–H groups in total. The molecule has 0 aliphatic heterocycles. The van der Waals surface area contributed by atoms with Gasteiger partial charge < -0.3 is 16.3 Å². The highest BCUT2D eigenvalue weighted by Gasteiger charge is 2.05. The third-order valence-corrected chi connectivity index (χ3v) is 0.949. The van der Waals surface area contributed by atoms with Crippen molar-refractivity contribution in [1.82, 2.24) is 0 Å². The van der Waals surface area contributed by atoms with Crippen LogP contribution in [0, 0.1) is 0 Å². The Morgan fingerprint density at radius 3 is 2.00 bits per heavy atom. The quantitative estimate of drug-likeness (QED) is 0.236. The molecule has 0 bridgehead atoms. The summed E-state index contributed by atoms with van der Waals surface area (Å²) in [6, 6.07) is 0. The van der Waals surface area contributed by atoms with Crippen molar-refractivity contribution >= 4 is 15.2 Å². The van der Waals surface area contributed by atoms with E-state index in [4.69, 9.17) is 11.5 Å². The Bertz CT molecular complexity index is 151. The van der Waals surface area contributed by atoms with E-state index in [-0.39, 0.29) is 11.1 Å². The summed E-state index contributed by atoms with van der Waals surface area (Å²) in [4.78, 5) is 14.1. The zero-order valence-corrected chi connectivity index (χ0v) is 5.78. The van der Waals surface area contributed by atoms with Gasteiger partial charge in [-0.1, -0.05) is 9.24 Å². The minimum absolute atomic E-state index is 0.116. The Balaban J connectivity index is 4.21. The lowest BCUT2D eigenvalue weighted by atomic mass is 10.5. The second-order valence-corrected chi connectivity index (χ2v) is 1.90. The van der Waals surface area contributed by atoms with Crippen LogP contribution < -0.4 is 17.4 Å².